The Kier molecular flexibility index (Phi) is 0.978. The second-order valence-corrected chi connectivity index (χ2v) is 3.94. The highest BCUT2D eigenvalue weighted by Gasteiger charge is 2.55. The summed E-state index contributed by atoms with van der Waals surface area (Å²) in [4.78, 5) is 13.5. The van der Waals surface area contributed by atoms with Gasteiger partial charge in [-0.1, -0.05) is 12.2 Å². The summed E-state index contributed by atoms with van der Waals surface area (Å²) in [5.74, 6) is 0.322. The molecule has 0 aromatic rings. The Bertz CT molecular complexity index is 310. The van der Waals surface area contributed by atoms with Crippen molar-refractivity contribution in [1.29, 1.82) is 0 Å². The molecule has 1 spiro atoms. The summed E-state index contributed by atoms with van der Waals surface area (Å²) >= 11 is 0. The molecule has 1 saturated heterocycles. The van der Waals surface area contributed by atoms with Gasteiger partial charge in [-0.25, -0.2) is 0 Å². The van der Waals surface area contributed by atoms with Gasteiger partial charge in [-0.3, -0.25) is 4.79 Å². The van der Waals surface area contributed by atoms with E-state index >= 15 is 0 Å². The number of fused-ring (bicyclic) bond motifs is 2. The molecule has 0 aromatic heterocycles. The van der Waals surface area contributed by atoms with Gasteiger partial charge >= 0.3 is 0 Å². The lowest BCUT2D eigenvalue weighted by Gasteiger charge is -2.20. The zero-order valence-electron chi connectivity index (χ0n) is 6.92. The highest BCUT2D eigenvalue weighted by Crippen LogP contribution is 2.60. The fourth-order valence-corrected chi connectivity index (χ4v) is 2.27. The van der Waals surface area contributed by atoms with Gasteiger partial charge in [0.25, 0.3) is 0 Å². The minimum atomic E-state index is 0.293. The van der Waals surface area contributed by atoms with Crippen molar-refractivity contribution in [3.05, 3.63) is 23.9 Å². The molecule has 0 aromatic carbocycles. The molecule has 2 fully saturated rings. The van der Waals surface area contributed by atoms with E-state index < -0.39 is 0 Å². The van der Waals surface area contributed by atoms with Crippen molar-refractivity contribution in [1.82, 2.24) is 4.90 Å². The minimum absolute atomic E-state index is 0.293. The van der Waals surface area contributed by atoms with Gasteiger partial charge < -0.3 is 4.90 Å². The van der Waals surface area contributed by atoms with E-state index in [2.05, 4.69) is 12.2 Å². The summed E-state index contributed by atoms with van der Waals surface area (Å²) in [5, 5.41) is 0. The second-order valence-electron chi connectivity index (χ2n) is 3.94. The summed E-state index contributed by atoms with van der Waals surface area (Å²) < 4.78 is 0. The van der Waals surface area contributed by atoms with Gasteiger partial charge in [0.15, 0.2) is 0 Å². The van der Waals surface area contributed by atoms with Crippen LogP contribution in [0.5, 0.6) is 0 Å². The number of carbonyl (C=O) groups excluding carboxylic acids is 1. The van der Waals surface area contributed by atoms with E-state index in [0.29, 0.717) is 11.3 Å². The van der Waals surface area contributed by atoms with Crippen LogP contribution in [0.15, 0.2) is 23.9 Å². The van der Waals surface area contributed by atoms with Crippen LogP contribution >= 0.6 is 0 Å². The van der Waals surface area contributed by atoms with E-state index in [4.69, 9.17) is 0 Å². The zero-order chi connectivity index (χ0) is 8.18. The first kappa shape index (κ1) is 6.46. The topological polar surface area (TPSA) is 20.3 Å². The lowest BCUT2D eigenvalue weighted by molar-refractivity contribution is -0.126. The normalized spacial score (nSPS) is 29.2. The van der Waals surface area contributed by atoms with E-state index in [1.807, 2.05) is 11.0 Å². The van der Waals surface area contributed by atoms with E-state index in [1.165, 1.54) is 18.5 Å². The van der Waals surface area contributed by atoms with E-state index in [9.17, 15) is 4.79 Å². The minimum Gasteiger partial charge on any atom is -0.312 e. The third-order valence-electron chi connectivity index (χ3n) is 3.16. The van der Waals surface area contributed by atoms with Gasteiger partial charge in [-0.05, 0) is 18.9 Å². The molecule has 2 nitrogen and oxygen atoms in total. The number of hydrogen-bond acceptors (Lipinski definition) is 1. The Hall–Kier alpha value is -1.05. The summed E-state index contributed by atoms with van der Waals surface area (Å²) in [6, 6.07) is 0. The molecule has 2 heteroatoms. The van der Waals surface area contributed by atoms with Crippen molar-refractivity contribution in [3.63, 3.8) is 0 Å². The molecular weight excluding hydrogens is 150 g/mol. The molecule has 3 rings (SSSR count). The van der Waals surface area contributed by atoms with Crippen LogP contribution in [-0.4, -0.2) is 17.4 Å². The smallest absolute Gasteiger partial charge is 0.227 e. The molecule has 0 N–H and O–H groups in total. The molecule has 62 valence electrons. The number of carbonyl (C=O) groups is 1. The molecule has 2 heterocycles. The number of hydrogen-bond donors (Lipinski definition) is 0. The van der Waals surface area contributed by atoms with Crippen LogP contribution in [0, 0.1) is 5.41 Å². The molecule has 1 amide bonds. The first-order valence-corrected chi connectivity index (χ1v) is 4.50. The van der Waals surface area contributed by atoms with Crippen molar-refractivity contribution < 1.29 is 4.79 Å². The third kappa shape index (κ3) is 0.631. The van der Waals surface area contributed by atoms with Gasteiger partial charge in [0, 0.05) is 24.1 Å². The molecule has 0 bridgehead atoms. The van der Waals surface area contributed by atoms with Gasteiger partial charge in [0.2, 0.25) is 5.91 Å². The fraction of sp³-hybridized carbons (Fsp3) is 0.500. The summed E-state index contributed by atoms with van der Waals surface area (Å²) in [6.45, 7) is 0.798. The largest absolute Gasteiger partial charge is 0.312 e. The second kappa shape index (κ2) is 1.82. The lowest BCUT2D eigenvalue weighted by Crippen LogP contribution is -2.25. The molecular formula is C10H11NO. The zero-order valence-corrected chi connectivity index (χ0v) is 6.92. The molecule has 12 heavy (non-hydrogen) atoms. The maximum atomic E-state index is 11.5. The molecule has 0 atom stereocenters. The number of rotatable bonds is 0. The van der Waals surface area contributed by atoms with Crippen LogP contribution in [0.3, 0.4) is 0 Å². The Morgan fingerprint density at radius 2 is 2.25 bits per heavy atom. The fourth-order valence-electron chi connectivity index (χ4n) is 2.27. The van der Waals surface area contributed by atoms with Gasteiger partial charge in [-0.2, -0.15) is 0 Å². The first-order chi connectivity index (χ1) is 5.82. The van der Waals surface area contributed by atoms with E-state index in [1.54, 1.807) is 0 Å². The van der Waals surface area contributed by atoms with Crippen LogP contribution in [0.4, 0.5) is 0 Å². The molecule has 2 aliphatic heterocycles. The maximum absolute atomic E-state index is 11.5. The number of allylic oxidation sites excluding steroid dienone is 3. The average Bonchev–Trinajstić information content (AvgIpc) is 2.79. The molecule has 0 radical (unpaired) electrons. The summed E-state index contributed by atoms with van der Waals surface area (Å²) in [5.41, 5.74) is 1.58. The highest BCUT2D eigenvalue weighted by molar-refractivity contribution is 5.84. The monoisotopic (exact) mass is 161 g/mol. The van der Waals surface area contributed by atoms with Gasteiger partial charge in [0.1, 0.15) is 0 Å². The standard InChI is InChI=1S/C10H11NO/c12-9-7-10(4-5-10)8-3-1-2-6-11(8)9/h1-3H,4-7H2. The lowest BCUT2D eigenvalue weighted by atomic mass is 10.0. The number of amides is 1. The van der Waals surface area contributed by atoms with Crippen LogP contribution in [-0.2, 0) is 4.79 Å². The molecule has 1 aliphatic carbocycles. The SMILES string of the molecule is O=C1CC2(CC2)C2=CC=CCN12. The van der Waals surface area contributed by atoms with Gasteiger partial charge in [0.05, 0.1) is 0 Å². The molecule has 3 aliphatic rings. The van der Waals surface area contributed by atoms with Crippen LogP contribution < -0.4 is 0 Å². The average molecular weight is 161 g/mol. The Labute approximate surface area is 71.5 Å². The van der Waals surface area contributed by atoms with Crippen molar-refractivity contribution in [3.8, 4) is 0 Å². The van der Waals surface area contributed by atoms with Crippen LogP contribution in [0.25, 0.3) is 0 Å². The van der Waals surface area contributed by atoms with E-state index in [0.717, 1.165) is 13.0 Å². The number of nitrogens with zero attached hydrogens (tertiary/aromatic N) is 1. The third-order valence-corrected chi connectivity index (χ3v) is 3.16. The summed E-state index contributed by atoms with van der Waals surface area (Å²) in [6.07, 6.45) is 9.43. The Morgan fingerprint density at radius 1 is 1.42 bits per heavy atom. The van der Waals surface area contributed by atoms with Crippen LogP contribution in [0.1, 0.15) is 19.3 Å². The maximum Gasteiger partial charge on any atom is 0.227 e. The van der Waals surface area contributed by atoms with Crippen molar-refractivity contribution in [2.75, 3.05) is 6.54 Å². The molecule has 0 unspecified atom stereocenters. The van der Waals surface area contributed by atoms with Crippen molar-refractivity contribution in [2.45, 2.75) is 19.3 Å². The van der Waals surface area contributed by atoms with Crippen molar-refractivity contribution in [2.24, 2.45) is 5.41 Å². The predicted molar refractivity (Wildman–Crippen MR) is 45.2 cm³/mol. The van der Waals surface area contributed by atoms with Crippen LogP contribution in [0.2, 0.25) is 0 Å². The summed E-state index contributed by atoms with van der Waals surface area (Å²) in [7, 11) is 0. The van der Waals surface area contributed by atoms with Gasteiger partial charge in [-0.15, -0.1) is 0 Å². The predicted octanol–water partition coefficient (Wildman–Crippen LogP) is 1.45. The van der Waals surface area contributed by atoms with E-state index in [-0.39, 0.29) is 0 Å². The Balaban J connectivity index is 2.08. The first-order valence-electron chi connectivity index (χ1n) is 4.50. The molecule has 1 saturated carbocycles. The Morgan fingerprint density at radius 3 is 3.00 bits per heavy atom. The van der Waals surface area contributed by atoms with Crippen molar-refractivity contribution >= 4 is 5.91 Å². The quantitative estimate of drug-likeness (QED) is 0.526. The highest BCUT2D eigenvalue weighted by atomic mass is 16.2.